The van der Waals surface area contributed by atoms with Crippen molar-refractivity contribution in [3.8, 4) is 16.9 Å². The molecule has 0 radical (unpaired) electrons. The lowest BCUT2D eigenvalue weighted by atomic mass is 9.99. The van der Waals surface area contributed by atoms with Crippen molar-refractivity contribution < 1.29 is 14.6 Å². The Hall–Kier alpha value is -2.59. The lowest BCUT2D eigenvalue weighted by molar-refractivity contribution is -0.132. The molecule has 2 aromatic rings. The summed E-state index contributed by atoms with van der Waals surface area (Å²) in [5.74, 6) is -0.0885. The zero-order chi connectivity index (χ0) is 19.6. The van der Waals surface area contributed by atoms with Gasteiger partial charge in [0.15, 0.2) is 0 Å². The predicted octanol–water partition coefficient (Wildman–Crippen LogP) is 5.13. The van der Waals surface area contributed by atoms with Crippen molar-refractivity contribution in [2.45, 2.75) is 39.7 Å². The number of ether oxygens (including phenoxy) is 1. The molecule has 4 nitrogen and oxygen atoms in total. The van der Waals surface area contributed by atoms with E-state index in [2.05, 4.69) is 30.4 Å². The summed E-state index contributed by atoms with van der Waals surface area (Å²) in [6, 6.07) is 14.3. The van der Waals surface area contributed by atoms with Crippen LogP contribution in [-0.4, -0.2) is 24.7 Å². The van der Waals surface area contributed by atoms with Gasteiger partial charge in [-0.1, -0.05) is 50.6 Å². The summed E-state index contributed by atoms with van der Waals surface area (Å²) in [5.41, 5.74) is 4.56. The van der Waals surface area contributed by atoms with Crippen LogP contribution in [0.2, 0.25) is 0 Å². The van der Waals surface area contributed by atoms with Crippen LogP contribution in [0.3, 0.4) is 0 Å². The maximum atomic E-state index is 11.3. The summed E-state index contributed by atoms with van der Waals surface area (Å²) in [5, 5.41) is 12.5. The van der Waals surface area contributed by atoms with Crippen LogP contribution in [-0.2, 0) is 11.3 Å². The first-order chi connectivity index (χ1) is 13.1. The molecule has 0 amide bonds. The summed E-state index contributed by atoms with van der Waals surface area (Å²) in [4.78, 5) is 11.3. The van der Waals surface area contributed by atoms with E-state index in [1.54, 1.807) is 6.08 Å². The van der Waals surface area contributed by atoms with Gasteiger partial charge in [0.25, 0.3) is 0 Å². The third kappa shape index (κ3) is 5.97. The van der Waals surface area contributed by atoms with Crippen LogP contribution in [0.25, 0.3) is 17.2 Å². The Labute approximate surface area is 161 Å². The minimum absolute atomic E-state index is 0.387. The fourth-order valence-electron chi connectivity index (χ4n) is 2.88. The minimum atomic E-state index is -0.880. The summed E-state index contributed by atoms with van der Waals surface area (Å²) in [6.45, 7) is 5.43. The van der Waals surface area contributed by atoms with E-state index in [9.17, 15) is 9.90 Å². The standard InChI is InChI=1S/C23H29NO3/c1-4-6-12-27-22-15-17(13-19(5-2)23(25)26)10-11-21(22)20-9-7-8-18(14-20)16-24-3/h7-11,13-15,24H,4-6,12,16H2,1-3H3,(H,25,26)/b19-13+. The van der Waals surface area contributed by atoms with Crippen molar-refractivity contribution in [1.29, 1.82) is 0 Å². The monoisotopic (exact) mass is 367 g/mol. The maximum absolute atomic E-state index is 11.3. The smallest absolute Gasteiger partial charge is 0.331 e. The summed E-state index contributed by atoms with van der Waals surface area (Å²) in [7, 11) is 1.93. The van der Waals surface area contributed by atoms with Crippen LogP contribution in [0, 0.1) is 0 Å². The van der Waals surface area contributed by atoms with Crippen LogP contribution in [0.4, 0.5) is 0 Å². The largest absolute Gasteiger partial charge is 0.493 e. The number of hydrogen-bond acceptors (Lipinski definition) is 3. The van der Waals surface area contributed by atoms with Crippen LogP contribution >= 0.6 is 0 Å². The first-order valence-corrected chi connectivity index (χ1v) is 9.53. The van der Waals surface area contributed by atoms with Crippen molar-refractivity contribution in [3.05, 3.63) is 59.2 Å². The molecule has 0 fully saturated rings. The molecule has 27 heavy (non-hydrogen) atoms. The second-order valence-corrected chi connectivity index (χ2v) is 6.52. The number of aliphatic carboxylic acids is 1. The average molecular weight is 367 g/mol. The van der Waals surface area contributed by atoms with Gasteiger partial charge in [-0.05, 0) is 54.8 Å². The minimum Gasteiger partial charge on any atom is -0.493 e. The van der Waals surface area contributed by atoms with Crippen LogP contribution in [0.15, 0.2) is 48.0 Å². The Morgan fingerprint density at radius 1 is 1.19 bits per heavy atom. The Bertz CT molecular complexity index is 796. The molecule has 0 bridgehead atoms. The van der Waals surface area contributed by atoms with Crippen molar-refractivity contribution in [3.63, 3.8) is 0 Å². The van der Waals surface area contributed by atoms with Crippen LogP contribution in [0.5, 0.6) is 5.75 Å². The molecule has 4 heteroatoms. The zero-order valence-corrected chi connectivity index (χ0v) is 16.4. The molecule has 0 saturated heterocycles. The molecule has 144 valence electrons. The number of rotatable bonds is 10. The quantitative estimate of drug-likeness (QED) is 0.451. The van der Waals surface area contributed by atoms with Crippen LogP contribution in [0.1, 0.15) is 44.2 Å². The molecule has 0 saturated carbocycles. The highest BCUT2D eigenvalue weighted by Gasteiger charge is 2.10. The molecule has 2 rings (SSSR count). The average Bonchev–Trinajstić information content (AvgIpc) is 2.67. The lowest BCUT2D eigenvalue weighted by Gasteiger charge is -2.14. The SMILES string of the molecule is CCCCOc1cc(/C=C(\CC)C(=O)O)ccc1-c1cccc(CNC)c1. The molecule has 0 aliphatic rings. The Balaban J connectivity index is 2.44. The predicted molar refractivity (Wildman–Crippen MR) is 111 cm³/mol. The van der Waals surface area contributed by atoms with Crippen molar-refractivity contribution >= 4 is 12.0 Å². The molecule has 0 heterocycles. The molecule has 0 aliphatic heterocycles. The fourth-order valence-corrected chi connectivity index (χ4v) is 2.88. The van der Waals surface area contributed by atoms with Gasteiger partial charge < -0.3 is 15.2 Å². The zero-order valence-electron chi connectivity index (χ0n) is 16.4. The summed E-state index contributed by atoms with van der Waals surface area (Å²) in [6.07, 6.45) is 4.24. The first-order valence-electron chi connectivity index (χ1n) is 9.53. The number of carbonyl (C=O) groups is 1. The third-order valence-electron chi connectivity index (χ3n) is 4.38. The molecular formula is C23H29NO3. The van der Waals surface area contributed by atoms with E-state index < -0.39 is 5.97 Å². The highest BCUT2D eigenvalue weighted by molar-refractivity contribution is 5.92. The molecular weight excluding hydrogens is 338 g/mol. The normalized spacial score (nSPS) is 11.4. The molecule has 2 N–H and O–H groups in total. The van der Waals surface area contributed by atoms with Gasteiger partial charge in [-0.3, -0.25) is 0 Å². The highest BCUT2D eigenvalue weighted by atomic mass is 16.5. The van der Waals surface area contributed by atoms with E-state index in [4.69, 9.17) is 4.74 Å². The van der Waals surface area contributed by atoms with Gasteiger partial charge in [-0.25, -0.2) is 4.79 Å². The molecule has 0 unspecified atom stereocenters. The van der Waals surface area contributed by atoms with Gasteiger partial charge in [-0.15, -0.1) is 0 Å². The number of nitrogens with one attached hydrogen (secondary N) is 1. The Kier molecular flexibility index (Phi) is 8.08. The first kappa shape index (κ1) is 20.7. The maximum Gasteiger partial charge on any atom is 0.331 e. The van der Waals surface area contributed by atoms with Gasteiger partial charge in [0.1, 0.15) is 5.75 Å². The second kappa shape index (κ2) is 10.5. The highest BCUT2D eigenvalue weighted by Crippen LogP contribution is 2.32. The molecule has 0 atom stereocenters. The van der Waals surface area contributed by atoms with Gasteiger partial charge in [0.05, 0.1) is 6.61 Å². The molecule has 0 spiro atoms. The Morgan fingerprint density at radius 2 is 2.00 bits per heavy atom. The van der Waals surface area contributed by atoms with Gasteiger partial charge >= 0.3 is 5.97 Å². The molecule has 2 aromatic carbocycles. The number of benzene rings is 2. The summed E-state index contributed by atoms with van der Waals surface area (Å²) >= 11 is 0. The fraction of sp³-hybridized carbons (Fsp3) is 0.348. The molecule has 0 aromatic heterocycles. The van der Waals surface area contributed by atoms with E-state index in [1.807, 2.05) is 38.2 Å². The molecule has 0 aliphatic carbocycles. The number of carboxylic acids is 1. The van der Waals surface area contributed by atoms with E-state index in [-0.39, 0.29) is 0 Å². The van der Waals surface area contributed by atoms with Crippen molar-refractivity contribution in [2.75, 3.05) is 13.7 Å². The van der Waals surface area contributed by atoms with E-state index in [0.717, 1.165) is 41.8 Å². The third-order valence-corrected chi connectivity index (χ3v) is 4.38. The Morgan fingerprint density at radius 3 is 2.67 bits per heavy atom. The van der Waals surface area contributed by atoms with Crippen molar-refractivity contribution in [2.24, 2.45) is 0 Å². The number of hydrogen-bond donors (Lipinski definition) is 2. The lowest BCUT2D eigenvalue weighted by Crippen LogP contribution is -2.05. The van der Waals surface area contributed by atoms with Gasteiger partial charge in [0, 0.05) is 17.7 Å². The topological polar surface area (TPSA) is 58.6 Å². The van der Waals surface area contributed by atoms with Gasteiger partial charge in [0.2, 0.25) is 0 Å². The van der Waals surface area contributed by atoms with E-state index in [0.29, 0.717) is 18.6 Å². The van der Waals surface area contributed by atoms with E-state index >= 15 is 0 Å². The van der Waals surface area contributed by atoms with Gasteiger partial charge in [-0.2, -0.15) is 0 Å². The van der Waals surface area contributed by atoms with Crippen LogP contribution < -0.4 is 10.1 Å². The summed E-state index contributed by atoms with van der Waals surface area (Å²) < 4.78 is 6.06. The van der Waals surface area contributed by atoms with E-state index in [1.165, 1.54) is 5.56 Å². The second-order valence-electron chi connectivity index (χ2n) is 6.52. The number of carboxylic acid groups (broad SMARTS) is 1. The van der Waals surface area contributed by atoms with Crippen molar-refractivity contribution in [1.82, 2.24) is 5.32 Å². The number of unbranched alkanes of at least 4 members (excludes halogenated alkanes) is 1.